The Morgan fingerprint density at radius 1 is 1.26 bits per heavy atom. The molecule has 120 valence electrons. The molecule has 0 radical (unpaired) electrons. The molecule has 6 nitrogen and oxygen atoms in total. The van der Waals surface area contributed by atoms with Crippen molar-refractivity contribution in [2.75, 3.05) is 0 Å². The Balaban J connectivity index is 2.15. The van der Waals surface area contributed by atoms with Gasteiger partial charge in [0.1, 0.15) is 5.69 Å². The number of hydrogen-bond acceptors (Lipinski definition) is 3. The minimum absolute atomic E-state index is 0.138. The van der Waals surface area contributed by atoms with E-state index in [2.05, 4.69) is 10.2 Å². The summed E-state index contributed by atoms with van der Waals surface area (Å²) in [5.41, 5.74) is -1.98. The van der Waals surface area contributed by atoms with E-state index in [1.807, 2.05) is 0 Å². The second-order valence-electron chi connectivity index (χ2n) is 5.04. The number of benzene rings is 1. The Morgan fingerprint density at radius 2 is 2.00 bits per heavy atom. The minimum Gasteiger partial charge on any atom is -0.292 e. The number of nitrogens with one attached hydrogen (secondary N) is 1. The van der Waals surface area contributed by atoms with E-state index in [1.165, 1.54) is 6.20 Å². The largest absolute Gasteiger partial charge is 0.431 e. The molecule has 0 aliphatic rings. The number of aromatic nitrogens is 4. The topological polar surface area (TPSA) is 72.7 Å². The van der Waals surface area contributed by atoms with Crippen LogP contribution in [0.15, 0.2) is 40.1 Å². The van der Waals surface area contributed by atoms with E-state index in [0.717, 1.165) is 11.6 Å². The van der Waals surface area contributed by atoms with Gasteiger partial charge in [0.15, 0.2) is 0 Å². The van der Waals surface area contributed by atoms with E-state index >= 15 is 0 Å². The molecule has 9 heteroatoms. The fourth-order valence-electron chi connectivity index (χ4n) is 2.43. The fraction of sp³-hybridized carbons (Fsp3) is 0.214. The van der Waals surface area contributed by atoms with Crippen LogP contribution >= 0.6 is 0 Å². The lowest BCUT2D eigenvalue weighted by atomic mass is 10.1. The number of hydrogen-bond donors (Lipinski definition) is 1. The SMILES string of the molecule is Cn1c(C(F)(F)F)cc(=O)n(Cc2cccc3[nH]ncc23)c1=O. The zero-order valence-corrected chi connectivity index (χ0v) is 11.9. The summed E-state index contributed by atoms with van der Waals surface area (Å²) in [6.07, 6.45) is -3.24. The fourth-order valence-corrected chi connectivity index (χ4v) is 2.43. The highest BCUT2D eigenvalue weighted by Gasteiger charge is 2.34. The van der Waals surface area contributed by atoms with E-state index in [-0.39, 0.29) is 6.54 Å². The van der Waals surface area contributed by atoms with E-state index < -0.39 is 23.1 Å². The summed E-state index contributed by atoms with van der Waals surface area (Å²) < 4.78 is 39.6. The molecular weight excluding hydrogens is 313 g/mol. The van der Waals surface area contributed by atoms with Gasteiger partial charge >= 0.3 is 11.9 Å². The highest BCUT2D eigenvalue weighted by Crippen LogP contribution is 2.26. The maximum absolute atomic E-state index is 12.8. The molecule has 0 bridgehead atoms. The van der Waals surface area contributed by atoms with Crippen molar-refractivity contribution in [3.63, 3.8) is 0 Å². The van der Waals surface area contributed by atoms with Crippen molar-refractivity contribution >= 4 is 10.9 Å². The summed E-state index contributed by atoms with van der Waals surface area (Å²) >= 11 is 0. The Hall–Kier alpha value is -2.84. The Bertz CT molecular complexity index is 998. The van der Waals surface area contributed by atoms with Crippen molar-refractivity contribution in [1.29, 1.82) is 0 Å². The average Bonchev–Trinajstić information content (AvgIpc) is 2.95. The Kier molecular flexibility index (Phi) is 3.35. The van der Waals surface area contributed by atoms with Gasteiger partial charge in [-0.15, -0.1) is 0 Å². The predicted octanol–water partition coefficient (Wildman–Crippen LogP) is 1.49. The highest BCUT2D eigenvalue weighted by atomic mass is 19.4. The summed E-state index contributed by atoms with van der Waals surface area (Å²) in [5.74, 6) is 0. The summed E-state index contributed by atoms with van der Waals surface area (Å²) in [6.45, 7) is -0.138. The van der Waals surface area contributed by atoms with Crippen molar-refractivity contribution in [3.05, 3.63) is 62.6 Å². The van der Waals surface area contributed by atoms with Gasteiger partial charge in [-0.2, -0.15) is 18.3 Å². The number of alkyl halides is 3. The van der Waals surface area contributed by atoms with E-state index in [4.69, 9.17) is 0 Å². The van der Waals surface area contributed by atoms with Gasteiger partial charge in [-0.1, -0.05) is 12.1 Å². The monoisotopic (exact) mass is 324 g/mol. The zero-order valence-electron chi connectivity index (χ0n) is 11.9. The number of H-pyrrole nitrogens is 1. The maximum atomic E-state index is 12.8. The predicted molar refractivity (Wildman–Crippen MR) is 76.1 cm³/mol. The number of halogens is 3. The molecule has 0 fully saturated rings. The van der Waals surface area contributed by atoms with Gasteiger partial charge in [-0.3, -0.25) is 19.0 Å². The van der Waals surface area contributed by atoms with Crippen molar-refractivity contribution in [2.45, 2.75) is 12.7 Å². The van der Waals surface area contributed by atoms with Crippen LogP contribution in [0.5, 0.6) is 0 Å². The second-order valence-corrected chi connectivity index (χ2v) is 5.04. The lowest BCUT2D eigenvalue weighted by Gasteiger charge is -2.14. The third-order valence-electron chi connectivity index (χ3n) is 3.60. The van der Waals surface area contributed by atoms with Gasteiger partial charge in [0.2, 0.25) is 0 Å². The van der Waals surface area contributed by atoms with Crippen LogP contribution in [-0.4, -0.2) is 19.3 Å². The maximum Gasteiger partial charge on any atom is 0.431 e. The average molecular weight is 324 g/mol. The van der Waals surface area contributed by atoms with Gasteiger partial charge in [-0.25, -0.2) is 4.79 Å². The molecule has 0 saturated heterocycles. The smallest absolute Gasteiger partial charge is 0.292 e. The van der Waals surface area contributed by atoms with E-state index in [9.17, 15) is 22.8 Å². The molecular formula is C14H11F3N4O2. The summed E-state index contributed by atoms with van der Waals surface area (Å²) in [6, 6.07) is 5.58. The van der Waals surface area contributed by atoms with Crippen LogP contribution in [0.1, 0.15) is 11.3 Å². The van der Waals surface area contributed by atoms with E-state index in [1.54, 1.807) is 18.2 Å². The van der Waals surface area contributed by atoms with Crippen LogP contribution in [0.25, 0.3) is 10.9 Å². The van der Waals surface area contributed by atoms with Crippen molar-refractivity contribution in [2.24, 2.45) is 7.05 Å². The van der Waals surface area contributed by atoms with Crippen LogP contribution in [0.2, 0.25) is 0 Å². The van der Waals surface area contributed by atoms with E-state index in [0.29, 0.717) is 27.1 Å². The van der Waals surface area contributed by atoms with Crippen molar-refractivity contribution in [1.82, 2.24) is 19.3 Å². The minimum atomic E-state index is -4.77. The van der Waals surface area contributed by atoms with Gasteiger partial charge < -0.3 is 0 Å². The molecule has 1 aromatic carbocycles. The van der Waals surface area contributed by atoms with Crippen LogP contribution in [0.4, 0.5) is 13.2 Å². The first-order chi connectivity index (χ1) is 10.8. The Morgan fingerprint density at radius 3 is 2.70 bits per heavy atom. The lowest BCUT2D eigenvalue weighted by Crippen LogP contribution is -2.41. The van der Waals surface area contributed by atoms with Crippen molar-refractivity contribution in [3.8, 4) is 0 Å². The van der Waals surface area contributed by atoms with Gasteiger partial charge in [0, 0.05) is 18.5 Å². The van der Waals surface area contributed by atoms with Crippen LogP contribution in [0, 0.1) is 0 Å². The first kappa shape index (κ1) is 15.1. The van der Waals surface area contributed by atoms with Crippen LogP contribution < -0.4 is 11.2 Å². The molecule has 0 amide bonds. The zero-order chi connectivity index (χ0) is 16.8. The van der Waals surface area contributed by atoms with Crippen LogP contribution in [-0.2, 0) is 19.8 Å². The third-order valence-corrected chi connectivity index (χ3v) is 3.60. The number of aromatic amines is 1. The molecule has 0 aliphatic heterocycles. The van der Waals surface area contributed by atoms with Gasteiger partial charge in [-0.05, 0) is 11.6 Å². The molecule has 0 unspecified atom stereocenters. The second kappa shape index (κ2) is 5.11. The molecule has 0 saturated carbocycles. The number of rotatable bonds is 2. The molecule has 0 aliphatic carbocycles. The molecule has 2 aromatic heterocycles. The highest BCUT2D eigenvalue weighted by molar-refractivity contribution is 5.81. The molecule has 0 atom stereocenters. The Labute approximate surface area is 126 Å². The van der Waals surface area contributed by atoms with Gasteiger partial charge in [0.25, 0.3) is 5.56 Å². The molecule has 23 heavy (non-hydrogen) atoms. The number of nitrogens with zero attached hydrogens (tertiary/aromatic N) is 3. The standard InChI is InChI=1S/C14H11F3N4O2/c1-20-11(14(15,16)17)5-12(22)21(13(20)23)7-8-3-2-4-10-9(8)6-18-19-10/h2-6H,7H2,1H3,(H,18,19). The molecule has 0 spiro atoms. The summed E-state index contributed by atoms with van der Waals surface area (Å²) in [4.78, 5) is 24.1. The molecule has 2 heterocycles. The molecule has 1 N–H and O–H groups in total. The summed E-state index contributed by atoms with van der Waals surface area (Å²) in [5, 5.41) is 7.31. The lowest BCUT2D eigenvalue weighted by molar-refractivity contribution is -0.144. The van der Waals surface area contributed by atoms with Crippen LogP contribution in [0.3, 0.4) is 0 Å². The first-order valence-corrected chi connectivity index (χ1v) is 6.58. The normalized spacial score (nSPS) is 12.0. The first-order valence-electron chi connectivity index (χ1n) is 6.58. The quantitative estimate of drug-likeness (QED) is 0.776. The third kappa shape index (κ3) is 2.54. The van der Waals surface area contributed by atoms with Gasteiger partial charge in [0.05, 0.1) is 18.3 Å². The molecule has 3 aromatic rings. The van der Waals surface area contributed by atoms with Crippen molar-refractivity contribution < 1.29 is 13.2 Å². The summed E-state index contributed by atoms with van der Waals surface area (Å²) in [7, 11) is 0.986. The number of fused-ring (bicyclic) bond motifs is 1. The molecule has 3 rings (SSSR count).